The Balaban J connectivity index is 1.62. The summed E-state index contributed by atoms with van der Waals surface area (Å²) in [6, 6.07) is 1.19. The van der Waals surface area contributed by atoms with Gasteiger partial charge >= 0.3 is 0 Å². The third-order valence-corrected chi connectivity index (χ3v) is 7.48. The first kappa shape index (κ1) is 21.8. The molecule has 1 aromatic heterocycles. The van der Waals surface area contributed by atoms with E-state index in [0.29, 0.717) is 43.8 Å². The van der Waals surface area contributed by atoms with Gasteiger partial charge in [-0.3, -0.25) is 9.59 Å². The van der Waals surface area contributed by atoms with Crippen LogP contribution in [-0.2, 0) is 24.8 Å². The lowest BCUT2D eigenvalue weighted by Crippen LogP contribution is -2.50. The average Bonchev–Trinajstić information content (AvgIpc) is 3.12. The van der Waals surface area contributed by atoms with Gasteiger partial charge in [0.05, 0.1) is 11.5 Å². The SMILES string of the molecule is CC(C)(C)c1cc(NC(=O)[C@@H]2CCCCN2C(=O)CC2CCS(=O)(=O)CC2)no1. The monoisotopic (exact) mass is 425 g/mol. The minimum Gasteiger partial charge on any atom is -0.359 e. The van der Waals surface area contributed by atoms with E-state index in [9.17, 15) is 18.0 Å². The van der Waals surface area contributed by atoms with Crippen molar-refractivity contribution in [3.63, 3.8) is 0 Å². The van der Waals surface area contributed by atoms with E-state index in [1.807, 2.05) is 20.8 Å². The first-order chi connectivity index (χ1) is 13.5. The number of amides is 2. The number of aromatic nitrogens is 1. The van der Waals surface area contributed by atoms with Gasteiger partial charge in [-0.2, -0.15) is 0 Å². The highest BCUT2D eigenvalue weighted by molar-refractivity contribution is 7.91. The standard InChI is InChI=1S/C20H31N3O5S/c1-20(2,3)16-13-17(22-28-16)21-19(25)15-6-4-5-9-23(15)18(24)12-14-7-10-29(26,27)11-8-14/h13-15H,4-12H2,1-3H3,(H,21,22,25)/t15-/m0/s1. The Morgan fingerprint density at radius 1 is 1.21 bits per heavy atom. The second-order valence-electron chi connectivity index (χ2n) is 9.21. The number of carbonyl (C=O) groups is 2. The smallest absolute Gasteiger partial charge is 0.248 e. The Kier molecular flexibility index (Phi) is 6.36. The van der Waals surface area contributed by atoms with Crippen molar-refractivity contribution in [2.45, 2.75) is 70.8 Å². The van der Waals surface area contributed by atoms with Crippen LogP contribution in [0.2, 0.25) is 0 Å². The molecule has 0 bridgehead atoms. The van der Waals surface area contributed by atoms with Crippen LogP contribution in [0.4, 0.5) is 5.82 Å². The predicted octanol–water partition coefficient (Wildman–Crippen LogP) is 2.51. The summed E-state index contributed by atoms with van der Waals surface area (Å²) in [6.07, 6.45) is 3.71. The molecule has 2 amide bonds. The van der Waals surface area contributed by atoms with Gasteiger partial charge in [-0.1, -0.05) is 25.9 Å². The zero-order chi connectivity index (χ0) is 21.2. The van der Waals surface area contributed by atoms with E-state index in [1.165, 1.54) is 0 Å². The maximum absolute atomic E-state index is 12.9. The van der Waals surface area contributed by atoms with Crippen molar-refractivity contribution >= 4 is 27.5 Å². The first-order valence-electron chi connectivity index (χ1n) is 10.3. The molecule has 8 nitrogen and oxygen atoms in total. The third-order valence-electron chi connectivity index (χ3n) is 5.76. The van der Waals surface area contributed by atoms with E-state index in [1.54, 1.807) is 11.0 Å². The van der Waals surface area contributed by atoms with Crippen LogP contribution in [0.5, 0.6) is 0 Å². The van der Waals surface area contributed by atoms with Crippen LogP contribution in [0.3, 0.4) is 0 Å². The van der Waals surface area contributed by atoms with Crippen LogP contribution in [0.25, 0.3) is 0 Å². The summed E-state index contributed by atoms with van der Waals surface area (Å²) >= 11 is 0. The maximum Gasteiger partial charge on any atom is 0.248 e. The molecule has 0 aromatic carbocycles. The molecule has 2 saturated heterocycles. The number of likely N-dealkylation sites (tertiary alicyclic amines) is 1. The number of hydrogen-bond acceptors (Lipinski definition) is 6. The molecular formula is C20H31N3O5S. The van der Waals surface area contributed by atoms with E-state index < -0.39 is 15.9 Å². The lowest BCUT2D eigenvalue weighted by molar-refractivity contribution is -0.141. The van der Waals surface area contributed by atoms with Crippen molar-refractivity contribution < 1.29 is 22.5 Å². The zero-order valence-corrected chi connectivity index (χ0v) is 18.3. The van der Waals surface area contributed by atoms with E-state index >= 15 is 0 Å². The number of carbonyl (C=O) groups excluding carboxylic acids is 2. The van der Waals surface area contributed by atoms with Crippen molar-refractivity contribution in [2.24, 2.45) is 5.92 Å². The molecule has 0 radical (unpaired) electrons. The van der Waals surface area contributed by atoms with Gasteiger partial charge < -0.3 is 14.7 Å². The molecule has 3 rings (SSSR count). The molecule has 9 heteroatoms. The Morgan fingerprint density at radius 3 is 2.52 bits per heavy atom. The lowest BCUT2D eigenvalue weighted by Gasteiger charge is -2.35. The van der Waals surface area contributed by atoms with E-state index in [-0.39, 0.29) is 34.7 Å². The Labute approximate surface area is 172 Å². The van der Waals surface area contributed by atoms with E-state index in [0.717, 1.165) is 12.8 Å². The molecule has 3 heterocycles. The van der Waals surface area contributed by atoms with Crippen LogP contribution in [-0.4, -0.2) is 54.4 Å². The van der Waals surface area contributed by atoms with Gasteiger partial charge in [0.2, 0.25) is 11.8 Å². The fourth-order valence-corrected chi connectivity index (χ4v) is 5.50. The quantitative estimate of drug-likeness (QED) is 0.794. The number of nitrogens with one attached hydrogen (secondary N) is 1. The highest BCUT2D eigenvalue weighted by atomic mass is 32.2. The molecule has 0 aliphatic carbocycles. The van der Waals surface area contributed by atoms with Crippen molar-refractivity contribution in [1.29, 1.82) is 0 Å². The lowest BCUT2D eigenvalue weighted by atomic mass is 9.93. The van der Waals surface area contributed by atoms with Gasteiger partial charge in [0.25, 0.3) is 0 Å². The molecule has 29 heavy (non-hydrogen) atoms. The summed E-state index contributed by atoms with van der Waals surface area (Å²) in [4.78, 5) is 27.4. The van der Waals surface area contributed by atoms with Crippen molar-refractivity contribution in [2.75, 3.05) is 23.4 Å². The molecule has 1 N–H and O–H groups in total. The van der Waals surface area contributed by atoms with Gasteiger partial charge in [0.15, 0.2) is 5.82 Å². The summed E-state index contributed by atoms with van der Waals surface area (Å²) in [6.45, 7) is 6.54. The van der Waals surface area contributed by atoms with Gasteiger partial charge in [0.1, 0.15) is 21.6 Å². The van der Waals surface area contributed by atoms with E-state index in [2.05, 4.69) is 10.5 Å². The Bertz CT molecular complexity index is 842. The summed E-state index contributed by atoms with van der Waals surface area (Å²) in [5.41, 5.74) is -0.212. The average molecular weight is 426 g/mol. The first-order valence-corrected chi connectivity index (χ1v) is 12.2. The number of piperidine rings is 1. The Morgan fingerprint density at radius 2 is 1.90 bits per heavy atom. The van der Waals surface area contributed by atoms with Crippen molar-refractivity contribution in [3.05, 3.63) is 11.8 Å². The molecule has 162 valence electrons. The molecule has 0 saturated carbocycles. The second kappa shape index (κ2) is 8.45. The number of sulfone groups is 1. The minimum atomic E-state index is -2.95. The molecule has 1 aromatic rings. The van der Waals surface area contributed by atoms with Gasteiger partial charge in [-0.05, 0) is 38.0 Å². The largest absolute Gasteiger partial charge is 0.359 e. The normalized spacial score (nSPS) is 23.0. The molecule has 0 unspecified atom stereocenters. The summed E-state index contributed by atoms with van der Waals surface area (Å²) in [7, 11) is -2.95. The highest BCUT2D eigenvalue weighted by Gasteiger charge is 2.34. The Hall–Kier alpha value is -1.90. The predicted molar refractivity (Wildman–Crippen MR) is 109 cm³/mol. The summed E-state index contributed by atoms with van der Waals surface area (Å²) in [5.74, 6) is 1.09. The number of anilines is 1. The van der Waals surface area contributed by atoms with Crippen LogP contribution >= 0.6 is 0 Å². The molecule has 2 aliphatic rings. The fourth-order valence-electron chi connectivity index (χ4n) is 3.91. The number of nitrogens with zero attached hydrogens (tertiary/aromatic N) is 2. The number of hydrogen-bond donors (Lipinski definition) is 1. The molecule has 2 fully saturated rings. The topological polar surface area (TPSA) is 110 Å². The second-order valence-corrected chi connectivity index (χ2v) is 11.5. The molecule has 0 spiro atoms. The van der Waals surface area contributed by atoms with Gasteiger partial charge in [-0.15, -0.1) is 0 Å². The van der Waals surface area contributed by atoms with E-state index in [4.69, 9.17) is 4.52 Å². The van der Waals surface area contributed by atoms with Gasteiger partial charge in [0, 0.05) is 24.4 Å². The maximum atomic E-state index is 12.9. The van der Waals surface area contributed by atoms with Gasteiger partial charge in [-0.25, -0.2) is 8.42 Å². The molecular weight excluding hydrogens is 394 g/mol. The van der Waals surface area contributed by atoms with Crippen molar-refractivity contribution in [1.82, 2.24) is 10.1 Å². The summed E-state index contributed by atoms with van der Waals surface area (Å²) < 4.78 is 28.5. The molecule has 2 aliphatic heterocycles. The highest BCUT2D eigenvalue weighted by Crippen LogP contribution is 2.27. The third kappa shape index (κ3) is 5.58. The van der Waals surface area contributed by atoms with Crippen LogP contribution in [0.15, 0.2) is 10.6 Å². The van der Waals surface area contributed by atoms with Crippen LogP contribution in [0, 0.1) is 5.92 Å². The van der Waals surface area contributed by atoms with Crippen LogP contribution in [0.1, 0.15) is 65.1 Å². The zero-order valence-electron chi connectivity index (χ0n) is 17.4. The summed E-state index contributed by atoms with van der Waals surface area (Å²) in [5, 5.41) is 6.71. The van der Waals surface area contributed by atoms with Crippen LogP contribution < -0.4 is 5.32 Å². The fraction of sp³-hybridized carbons (Fsp3) is 0.750. The molecule has 1 atom stereocenters. The minimum absolute atomic E-state index is 0.0651. The van der Waals surface area contributed by atoms with Crippen molar-refractivity contribution in [3.8, 4) is 0 Å². The number of rotatable bonds is 4.